The number of rotatable bonds is 14. The molecule has 0 rings (SSSR count). The molecule has 0 saturated carbocycles. The molecule has 0 aromatic heterocycles. The van der Waals surface area contributed by atoms with Gasteiger partial charge in [-0.15, -0.1) is 0 Å². The fourth-order valence-corrected chi connectivity index (χ4v) is 2.10. The van der Waals surface area contributed by atoms with Crippen molar-refractivity contribution in [2.45, 2.75) is 83.7 Å². The number of carboxylic acid groups (broad SMARTS) is 1. The lowest BCUT2D eigenvalue weighted by Crippen LogP contribution is -1.99. The summed E-state index contributed by atoms with van der Waals surface area (Å²) in [6, 6.07) is 0. The van der Waals surface area contributed by atoms with Crippen molar-refractivity contribution in [1.29, 1.82) is 0 Å². The molecule has 0 aliphatic carbocycles. The zero-order chi connectivity index (χ0) is 15.8. The number of carboxylic acids is 1. The van der Waals surface area contributed by atoms with Crippen LogP contribution in [0.25, 0.3) is 0 Å². The second-order valence-corrected chi connectivity index (χ2v) is 5.55. The van der Waals surface area contributed by atoms with E-state index in [0.29, 0.717) is 12.8 Å². The van der Waals surface area contributed by atoms with E-state index in [1.807, 2.05) is 6.08 Å². The summed E-state index contributed by atoms with van der Waals surface area (Å²) < 4.78 is 0. The first-order chi connectivity index (χ1) is 10.2. The first-order valence-electron chi connectivity index (χ1n) is 8.38. The monoisotopic (exact) mass is 296 g/mol. The van der Waals surface area contributed by atoms with Gasteiger partial charge in [0.2, 0.25) is 0 Å². The first-order valence-corrected chi connectivity index (χ1v) is 8.38. The predicted molar refractivity (Wildman–Crippen MR) is 88.4 cm³/mol. The molecule has 3 nitrogen and oxygen atoms in total. The lowest BCUT2D eigenvalue weighted by molar-refractivity contribution is -0.137. The second-order valence-electron chi connectivity index (χ2n) is 5.55. The van der Waals surface area contributed by atoms with Crippen LogP contribution in [0.4, 0.5) is 0 Å². The maximum absolute atomic E-state index is 10.3. The molecule has 2 N–H and O–H groups in total. The van der Waals surface area contributed by atoms with E-state index in [1.165, 1.54) is 12.8 Å². The molecular weight excluding hydrogens is 264 g/mol. The fraction of sp³-hybridized carbons (Fsp3) is 0.722. The molecule has 0 radical (unpaired) electrons. The quantitative estimate of drug-likeness (QED) is 0.355. The van der Waals surface area contributed by atoms with Gasteiger partial charge in [-0.25, -0.2) is 0 Å². The van der Waals surface area contributed by atoms with Crippen LogP contribution >= 0.6 is 0 Å². The van der Waals surface area contributed by atoms with Gasteiger partial charge in [-0.1, -0.05) is 63.3 Å². The molecular formula is C18H32O3. The van der Waals surface area contributed by atoms with Crippen LogP contribution in [0.2, 0.25) is 0 Å². The van der Waals surface area contributed by atoms with E-state index in [1.54, 1.807) is 0 Å². The van der Waals surface area contributed by atoms with E-state index >= 15 is 0 Å². The third-order valence-corrected chi connectivity index (χ3v) is 3.37. The van der Waals surface area contributed by atoms with Crippen LogP contribution in [-0.4, -0.2) is 22.3 Å². The average molecular weight is 296 g/mol. The van der Waals surface area contributed by atoms with Crippen molar-refractivity contribution in [3.8, 4) is 0 Å². The lowest BCUT2D eigenvalue weighted by atomic mass is 10.1. The zero-order valence-electron chi connectivity index (χ0n) is 13.5. The number of unbranched alkanes of at least 4 members (excludes halogenated alkanes) is 7. The fourth-order valence-electron chi connectivity index (χ4n) is 2.10. The molecule has 3 heteroatoms. The van der Waals surface area contributed by atoms with E-state index in [0.717, 1.165) is 44.9 Å². The van der Waals surface area contributed by atoms with Gasteiger partial charge in [0.15, 0.2) is 0 Å². The third kappa shape index (κ3) is 16.9. The molecule has 0 bridgehead atoms. The van der Waals surface area contributed by atoms with Crippen LogP contribution in [0.1, 0.15) is 77.6 Å². The Balaban J connectivity index is 3.33. The number of hydrogen-bond acceptors (Lipinski definition) is 2. The Morgan fingerprint density at radius 1 is 0.952 bits per heavy atom. The molecule has 21 heavy (non-hydrogen) atoms. The van der Waals surface area contributed by atoms with Crippen LogP contribution in [0.5, 0.6) is 0 Å². The largest absolute Gasteiger partial charge is 0.481 e. The molecule has 0 aliphatic heterocycles. The number of allylic oxidation sites excluding steroid dienone is 2. The van der Waals surface area contributed by atoms with Gasteiger partial charge in [-0.3, -0.25) is 4.79 Å². The van der Waals surface area contributed by atoms with Crippen LogP contribution in [-0.2, 0) is 4.79 Å². The standard InChI is InChI=1S/C18H32O3/c1-2-3-4-11-14-17(19)15-12-9-7-5-6-8-10-13-16-18(20)21/h4,11-12,15,17,19H,2-3,5-10,13-14,16H2,1H3,(H,20,21)/b11-4-,15-12+. The summed E-state index contributed by atoms with van der Waals surface area (Å²) in [7, 11) is 0. The number of aliphatic hydroxyl groups excluding tert-OH is 1. The molecule has 0 amide bonds. The summed E-state index contributed by atoms with van der Waals surface area (Å²) in [5.41, 5.74) is 0. The molecule has 0 aliphatic rings. The van der Waals surface area contributed by atoms with Crippen LogP contribution in [0.3, 0.4) is 0 Å². The number of aliphatic hydroxyl groups is 1. The van der Waals surface area contributed by atoms with Crippen LogP contribution in [0.15, 0.2) is 24.3 Å². The average Bonchev–Trinajstić information content (AvgIpc) is 2.45. The molecule has 1 atom stereocenters. The SMILES string of the molecule is CCC/C=C\CC(O)/C=C/CCCCCCCCC(=O)O. The topological polar surface area (TPSA) is 57.5 Å². The van der Waals surface area contributed by atoms with E-state index in [9.17, 15) is 9.90 Å². The smallest absolute Gasteiger partial charge is 0.303 e. The summed E-state index contributed by atoms with van der Waals surface area (Å²) in [5.74, 6) is -0.691. The molecule has 1 unspecified atom stereocenters. The zero-order valence-corrected chi connectivity index (χ0v) is 13.5. The summed E-state index contributed by atoms with van der Waals surface area (Å²) in [6.45, 7) is 2.15. The van der Waals surface area contributed by atoms with Gasteiger partial charge in [0.05, 0.1) is 6.10 Å². The van der Waals surface area contributed by atoms with Crippen molar-refractivity contribution in [1.82, 2.24) is 0 Å². The third-order valence-electron chi connectivity index (χ3n) is 3.37. The van der Waals surface area contributed by atoms with Gasteiger partial charge >= 0.3 is 5.97 Å². The van der Waals surface area contributed by atoms with Gasteiger partial charge in [0.25, 0.3) is 0 Å². The molecule has 0 fully saturated rings. The van der Waals surface area contributed by atoms with E-state index < -0.39 is 5.97 Å². The van der Waals surface area contributed by atoms with Gasteiger partial charge in [0.1, 0.15) is 0 Å². The molecule has 0 aromatic carbocycles. The second kappa shape index (κ2) is 15.3. The normalized spacial score (nSPS) is 13.2. The minimum absolute atomic E-state index is 0.299. The van der Waals surface area contributed by atoms with Gasteiger partial charge in [-0.2, -0.15) is 0 Å². The van der Waals surface area contributed by atoms with E-state index in [2.05, 4.69) is 25.2 Å². The maximum Gasteiger partial charge on any atom is 0.303 e. The summed E-state index contributed by atoms with van der Waals surface area (Å²) in [5, 5.41) is 18.2. The van der Waals surface area contributed by atoms with Crippen molar-refractivity contribution in [3.63, 3.8) is 0 Å². The summed E-state index contributed by atoms with van der Waals surface area (Å²) in [6.07, 6.45) is 18.5. The van der Waals surface area contributed by atoms with Gasteiger partial charge < -0.3 is 10.2 Å². The number of hydrogen-bond donors (Lipinski definition) is 2. The highest BCUT2D eigenvalue weighted by molar-refractivity contribution is 5.66. The predicted octanol–water partition coefficient (Wildman–Crippen LogP) is 4.86. The minimum atomic E-state index is -0.691. The van der Waals surface area contributed by atoms with Crippen molar-refractivity contribution < 1.29 is 15.0 Å². The Morgan fingerprint density at radius 3 is 2.29 bits per heavy atom. The molecule has 0 saturated heterocycles. The van der Waals surface area contributed by atoms with Crippen molar-refractivity contribution in [3.05, 3.63) is 24.3 Å². The Bertz CT molecular complexity index is 295. The van der Waals surface area contributed by atoms with E-state index in [-0.39, 0.29) is 6.10 Å². The van der Waals surface area contributed by atoms with Crippen molar-refractivity contribution >= 4 is 5.97 Å². The number of aliphatic carboxylic acids is 1. The Kier molecular flexibility index (Phi) is 14.5. The van der Waals surface area contributed by atoms with Crippen molar-refractivity contribution in [2.24, 2.45) is 0 Å². The summed E-state index contributed by atoms with van der Waals surface area (Å²) in [4.78, 5) is 10.3. The maximum atomic E-state index is 10.3. The summed E-state index contributed by atoms with van der Waals surface area (Å²) >= 11 is 0. The molecule has 0 aromatic rings. The molecule has 0 spiro atoms. The lowest BCUT2D eigenvalue weighted by Gasteiger charge is -2.01. The highest BCUT2D eigenvalue weighted by Crippen LogP contribution is 2.09. The highest BCUT2D eigenvalue weighted by Gasteiger charge is 1.97. The highest BCUT2D eigenvalue weighted by atomic mass is 16.4. The molecule has 122 valence electrons. The first kappa shape index (κ1) is 19.9. The Labute approximate surface area is 129 Å². The Morgan fingerprint density at radius 2 is 1.62 bits per heavy atom. The van der Waals surface area contributed by atoms with Gasteiger partial charge in [0, 0.05) is 6.42 Å². The van der Waals surface area contributed by atoms with E-state index in [4.69, 9.17) is 5.11 Å². The number of carbonyl (C=O) groups is 1. The van der Waals surface area contributed by atoms with Crippen molar-refractivity contribution in [2.75, 3.05) is 0 Å². The molecule has 0 heterocycles. The van der Waals surface area contributed by atoms with Crippen LogP contribution in [0, 0.1) is 0 Å². The van der Waals surface area contributed by atoms with Crippen LogP contribution < -0.4 is 0 Å². The Hall–Kier alpha value is -1.09. The van der Waals surface area contributed by atoms with Gasteiger partial charge in [-0.05, 0) is 32.1 Å². The minimum Gasteiger partial charge on any atom is -0.481 e.